The molecule has 2 rings (SSSR count). The van der Waals surface area contributed by atoms with Crippen LogP contribution in [0.1, 0.15) is 42.6 Å². The van der Waals surface area contributed by atoms with Crippen molar-refractivity contribution in [1.82, 2.24) is 4.90 Å². The van der Waals surface area contributed by atoms with Gasteiger partial charge in [0.2, 0.25) is 0 Å². The molecule has 1 amide bonds. The van der Waals surface area contributed by atoms with Crippen molar-refractivity contribution in [1.29, 1.82) is 0 Å². The lowest BCUT2D eigenvalue weighted by Crippen LogP contribution is -2.44. The zero-order valence-corrected chi connectivity index (χ0v) is 12.8. The molecule has 2 atom stereocenters. The van der Waals surface area contributed by atoms with Gasteiger partial charge in [-0.3, -0.25) is 4.79 Å². The molecule has 3 heteroatoms. The Morgan fingerprint density at radius 3 is 2.72 bits per heavy atom. The third-order valence-electron chi connectivity index (χ3n) is 3.80. The van der Waals surface area contributed by atoms with E-state index in [9.17, 15) is 4.79 Å². The minimum Gasteiger partial charge on any atom is -0.336 e. The summed E-state index contributed by atoms with van der Waals surface area (Å²) in [5, 5.41) is 0. The number of carbonyl (C=O) groups is 1. The molecule has 0 N–H and O–H groups in total. The third kappa shape index (κ3) is 2.77. The molecule has 0 radical (unpaired) electrons. The van der Waals surface area contributed by atoms with E-state index >= 15 is 0 Å². The van der Waals surface area contributed by atoms with Gasteiger partial charge in [0.05, 0.1) is 0 Å². The van der Waals surface area contributed by atoms with Gasteiger partial charge in [0, 0.05) is 22.6 Å². The molecule has 0 spiro atoms. The van der Waals surface area contributed by atoms with Crippen LogP contribution in [0.4, 0.5) is 0 Å². The van der Waals surface area contributed by atoms with Gasteiger partial charge >= 0.3 is 0 Å². The number of piperidine rings is 1. The first-order valence-corrected chi connectivity index (χ1v) is 7.35. The zero-order chi connectivity index (χ0) is 13.3. The molecular formula is C15H20BrNO. The Kier molecular flexibility index (Phi) is 4.10. The fourth-order valence-electron chi connectivity index (χ4n) is 2.46. The van der Waals surface area contributed by atoms with Crippen molar-refractivity contribution in [3.63, 3.8) is 0 Å². The van der Waals surface area contributed by atoms with Crippen molar-refractivity contribution in [2.24, 2.45) is 5.92 Å². The fourth-order valence-corrected chi connectivity index (χ4v) is 2.84. The number of benzene rings is 1. The summed E-state index contributed by atoms with van der Waals surface area (Å²) < 4.78 is 1.01. The Labute approximate surface area is 117 Å². The first-order valence-electron chi connectivity index (χ1n) is 6.56. The summed E-state index contributed by atoms with van der Waals surface area (Å²) in [6, 6.07) is 6.21. The molecule has 1 heterocycles. The highest BCUT2D eigenvalue weighted by Crippen LogP contribution is 2.25. The lowest BCUT2D eigenvalue weighted by atomic mass is 9.94. The van der Waals surface area contributed by atoms with E-state index in [1.54, 1.807) is 0 Å². The summed E-state index contributed by atoms with van der Waals surface area (Å²) in [4.78, 5) is 14.5. The van der Waals surface area contributed by atoms with Crippen LogP contribution in [0.2, 0.25) is 0 Å². The summed E-state index contributed by atoms with van der Waals surface area (Å²) in [5.41, 5.74) is 1.94. The first kappa shape index (κ1) is 13.6. The SMILES string of the molecule is Cc1ccc(C(=O)N2CC(C)CCC2C)cc1Br. The van der Waals surface area contributed by atoms with Crippen LogP contribution in [0.5, 0.6) is 0 Å². The molecule has 1 aromatic carbocycles. The van der Waals surface area contributed by atoms with Gasteiger partial charge in [0.15, 0.2) is 0 Å². The van der Waals surface area contributed by atoms with Crippen LogP contribution in [0.15, 0.2) is 22.7 Å². The topological polar surface area (TPSA) is 20.3 Å². The highest BCUT2D eigenvalue weighted by Gasteiger charge is 2.27. The van der Waals surface area contributed by atoms with E-state index in [1.165, 1.54) is 6.42 Å². The van der Waals surface area contributed by atoms with Crippen LogP contribution in [0.25, 0.3) is 0 Å². The molecule has 1 aromatic rings. The predicted octanol–water partition coefficient (Wildman–Crippen LogP) is 4.02. The van der Waals surface area contributed by atoms with Gasteiger partial charge < -0.3 is 4.90 Å². The number of carbonyl (C=O) groups excluding carboxylic acids is 1. The van der Waals surface area contributed by atoms with E-state index in [0.717, 1.165) is 28.6 Å². The van der Waals surface area contributed by atoms with E-state index in [4.69, 9.17) is 0 Å². The number of nitrogens with zero attached hydrogens (tertiary/aromatic N) is 1. The number of hydrogen-bond acceptors (Lipinski definition) is 1. The Morgan fingerprint density at radius 1 is 1.33 bits per heavy atom. The summed E-state index contributed by atoms with van der Waals surface area (Å²) >= 11 is 3.49. The molecule has 0 aliphatic carbocycles. The lowest BCUT2D eigenvalue weighted by molar-refractivity contribution is 0.0574. The van der Waals surface area contributed by atoms with Crippen LogP contribution in [-0.2, 0) is 0 Å². The van der Waals surface area contributed by atoms with E-state index in [-0.39, 0.29) is 5.91 Å². The van der Waals surface area contributed by atoms with Gasteiger partial charge in [-0.15, -0.1) is 0 Å². The Bertz CT molecular complexity index is 458. The minimum absolute atomic E-state index is 0.162. The van der Waals surface area contributed by atoms with Crippen LogP contribution in [-0.4, -0.2) is 23.4 Å². The van der Waals surface area contributed by atoms with Crippen molar-refractivity contribution in [2.45, 2.75) is 39.7 Å². The molecule has 2 unspecified atom stereocenters. The first-order chi connectivity index (χ1) is 8.49. The number of rotatable bonds is 1. The van der Waals surface area contributed by atoms with Crippen LogP contribution >= 0.6 is 15.9 Å². The van der Waals surface area contributed by atoms with Crippen LogP contribution < -0.4 is 0 Å². The summed E-state index contributed by atoms with van der Waals surface area (Å²) in [6.45, 7) is 7.28. The number of hydrogen-bond donors (Lipinski definition) is 0. The van der Waals surface area contributed by atoms with Crippen LogP contribution in [0, 0.1) is 12.8 Å². The van der Waals surface area contributed by atoms with Crippen LogP contribution in [0.3, 0.4) is 0 Å². The molecule has 0 saturated carbocycles. The molecule has 1 aliphatic rings. The predicted molar refractivity (Wildman–Crippen MR) is 77.8 cm³/mol. The van der Waals surface area contributed by atoms with E-state index in [0.29, 0.717) is 12.0 Å². The van der Waals surface area contributed by atoms with Crippen molar-refractivity contribution in [3.05, 3.63) is 33.8 Å². The normalized spacial score (nSPS) is 24.1. The average molecular weight is 310 g/mol. The molecule has 98 valence electrons. The highest BCUT2D eigenvalue weighted by molar-refractivity contribution is 9.10. The van der Waals surface area contributed by atoms with Gasteiger partial charge in [-0.05, 0) is 50.3 Å². The molecule has 1 fully saturated rings. The summed E-state index contributed by atoms with van der Waals surface area (Å²) in [7, 11) is 0. The zero-order valence-electron chi connectivity index (χ0n) is 11.2. The Morgan fingerprint density at radius 2 is 2.06 bits per heavy atom. The molecule has 0 aromatic heterocycles. The second-order valence-electron chi connectivity index (χ2n) is 5.45. The van der Waals surface area contributed by atoms with Crippen molar-refractivity contribution in [3.8, 4) is 0 Å². The maximum absolute atomic E-state index is 12.5. The fraction of sp³-hybridized carbons (Fsp3) is 0.533. The second kappa shape index (κ2) is 5.43. The Hall–Kier alpha value is -0.830. The minimum atomic E-state index is 0.162. The number of halogens is 1. The number of aryl methyl sites for hydroxylation is 1. The van der Waals surface area contributed by atoms with Crippen molar-refractivity contribution < 1.29 is 4.79 Å². The molecule has 1 saturated heterocycles. The van der Waals surface area contributed by atoms with E-state index in [2.05, 4.69) is 29.8 Å². The molecular weight excluding hydrogens is 290 g/mol. The molecule has 18 heavy (non-hydrogen) atoms. The monoisotopic (exact) mass is 309 g/mol. The van der Waals surface area contributed by atoms with Gasteiger partial charge in [0.1, 0.15) is 0 Å². The van der Waals surface area contributed by atoms with E-state index < -0.39 is 0 Å². The Balaban J connectivity index is 2.21. The summed E-state index contributed by atoms with van der Waals surface area (Å²) in [5.74, 6) is 0.772. The standard InChI is InChI=1S/C15H20BrNO/c1-10-4-6-12(3)17(9-10)15(18)13-7-5-11(2)14(16)8-13/h5,7-8,10,12H,4,6,9H2,1-3H3. The van der Waals surface area contributed by atoms with E-state index in [1.807, 2.05) is 30.0 Å². The van der Waals surface area contributed by atoms with Gasteiger partial charge in [0.25, 0.3) is 5.91 Å². The average Bonchev–Trinajstić information content (AvgIpc) is 2.35. The number of amides is 1. The maximum atomic E-state index is 12.5. The van der Waals surface area contributed by atoms with Crippen molar-refractivity contribution in [2.75, 3.05) is 6.54 Å². The largest absolute Gasteiger partial charge is 0.336 e. The molecule has 0 bridgehead atoms. The number of likely N-dealkylation sites (tertiary alicyclic amines) is 1. The van der Waals surface area contributed by atoms with Crippen molar-refractivity contribution >= 4 is 21.8 Å². The summed E-state index contributed by atoms with van der Waals surface area (Å²) in [6.07, 6.45) is 2.34. The molecule has 1 aliphatic heterocycles. The van der Waals surface area contributed by atoms with Gasteiger partial charge in [-0.1, -0.05) is 28.9 Å². The lowest BCUT2D eigenvalue weighted by Gasteiger charge is -2.37. The quantitative estimate of drug-likeness (QED) is 0.767. The molecule has 2 nitrogen and oxygen atoms in total. The highest BCUT2D eigenvalue weighted by atomic mass is 79.9. The van der Waals surface area contributed by atoms with Gasteiger partial charge in [-0.25, -0.2) is 0 Å². The van der Waals surface area contributed by atoms with Gasteiger partial charge in [-0.2, -0.15) is 0 Å². The smallest absolute Gasteiger partial charge is 0.254 e. The second-order valence-corrected chi connectivity index (χ2v) is 6.31. The third-order valence-corrected chi connectivity index (χ3v) is 4.65. The maximum Gasteiger partial charge on any atom is 0.254 e.